The van der Waals surface area contributed by atoms with E-state index in [1.54, 1.807) is 0 Å². The van der Waals surface area contributed by atoms with Gasteiger partial charge in [0.25, 0.3) is 0 Å². The Morgan fingerprint density at radius 2 is 0.600 bits per heavy atom. The van der Waals surface area contributed by atoms with Crippen molar-refractivity contribution >= 4 is 0 Å². The highest BCUT2D eigenvalue weighted by atomic mass is 14.1. The maximum atomic E-state index is 2.37. The van der Waals surface area contributed by atoms with Crippen LogP contribution < -0.4 is 0 Å². The maximum Gasteiger partial charge on any atom is -0.0383 e. The van der Waals surface area contributed by atoms with Gasteiger partial charge in [0, 0.05) is 0 Å². The van der Waals surface area contributed by atoms with Gasteiger partial charge in [-0.15, -0.1) is 0 Å². The van der Waals surface area contributed by atoms with Crippen molar-refractivity contribution in [1.82, 2.24) is 0 Å². The molecule has 0 radical (unpaired) electrons. The summed E-state index contributed by atoms with van der Waals surface area (Å²) in [6, 6.07) is 0. The van der Waals surface area contributed by atoms with Crippen molar-refractivity contribution in [2.75, 3.05) is 0 Å². The molecule has 0 N–H and O–H groups in total. The third-order valence-electron chi connectivity index (χ3n) is 6.71. The van der Waals surface area contributed by atoms with E-state index in [-0.39, 0.29) is 0 Å². The molecule has 0 heteroatoms. The molecule has 0 aromatic carbocycles. The van der Waals surface area contributed by atoms with Crippen LogP contribution in [0.4, 0.5) is 0 Å². The topological polar surface area (TPSA) is 0 Å². The lowest BCUT2D eigenvalue weighted by molar-refractivity contribution is 0.356. The molecule has 0 nitrogen and oxygen atoms in total. The number of hydrogen-bond donors (Lipinski definition) is 0. The van der Waals surface area contributed by atoms with Gasteiger partial charge in [-0.1, -0.05) is 176 Å². The largest absolute Gasteiger partial charge is 0.0628 e. The van der Waals surface area contributed by atoms with E-state index < -0.39 is 0 Å². The zero-order valence-corrected chi connectivity index (χ0v) is 22.3. The summed E-state index contributed by atoms with van der Waals surface area (Å²) >= 11 is 0. The zero-order chi connectivity index (χ0) is 22.3. The predicted octanol–water partition coefficient (Wildman–Crippen LogP) is 11.7. The lowest BCUT2D eigenvalue weighted by Crippen LogP contribution is -2.03. The first kappa shape index (κ1) is 30.0. The van der Waals surface area contributed by atoms with Gasteiger partial charge >= 0.3 is 0 Å². The maximum absolute atomic E-state index is 2.37. The molecule has 30 heavy (non-hydrogen) atoms. The van der Waals surface area contributed by atoms with Crippen molar-refractivity contribution in [2.45, 2.75) is 182 Å². The second-order valence-corrected chi connectivity index (χ2v) is 11.9. The molecule has 0 aliphatic heterocycles. The lowest BCUT2D eigenvalue weighted by Gasteiger charge is -2.17. The van der Waals surface area contributed by atoms with Crippen LogP contribution in [0.5, 0.6) is 0 Å². The standard InChI is InChI=1S/C30H62/c1-29(2)27-25-23-21-19-17-15-13-11-9-7-6-8-10-12-14-16-18-20-22-24-26-28-30(3,4)5/h29H,6-28H2,1-5H3. The van der Waals surface area contributed by atoms with Gasteiger partial charge in [0.05, 0.1) is 0 Å². The van der Waals surface area contributed by atoms with Crippen LogP contribution in [0.1, 0.15) is 182 Å². The highest BCUT2D eigenvalue weighted by Gasteiger charge is 2.08. The summed E-state index contributed by atoms with van der Waals surface area (Å²) in [6.45, 7) is 11.8. The Morgan fingerprint density at radius 1 is 0.367 bits per heavy atom. The summed E-state index contributed by atoms with van der Waals surface area (Å²) in [5.74, 6) is 0.896. The van der Waals surface area contributed by atoms with Crippen LogP contribution in [-0.4, -0.2) is 0 Å². The van der Waals surface area contributed by atoms with Crippen molar-refractivity contribution < 1.29 is 0 Å². The van der Waals surface area contributed by atoms with Crippen LogP contribution in [0.25, 0.3) is 0 Å². The van der Waals surface area contributed by atoms with Crippen LogP contribution in [0.2, 0.25) is 0 Å². The van der Waals surface area contributed by atoms with Crippen molar-refractivity contribution in [3.05, 3.63) is 0 Å². The molecule has 0 rings (SSSR count). The molecule has 0 atom stereocenters. The van der Waals surface area contributed by atoms with Gasteiger partial charge in [0.15, 0.2) is 0 Å². The Kier molecular flexibility index (Phi) is 22.2. The summed E-state index contributed by atoms with van der Waals surface area (Å²) in [6.07, 6.45) is 33.9. The van der Waals surface area contributed by atoms with E-state index in [1.807, 2.05) is 0 Å². The molecule has 0 unspecified atom stereocenters. The Bertz CT molecular complexity index is 308. The molecule has 0 saturated carbocycles. The fourth-order valence-corrected chi connectivity index (χ4v) is 4.57. The quantitative estimate of drug-likeness (QED) is 0.144. The molecule has 0 aliphatic carbocycles. The van der Waals surface area contributed by atoms with Gasteiger partial charge in [-0.3, -0.25) is 0 Å². The summed E-state index contributed by atoms with van der Waals surface area (Å²) in [4.78, 5) is 0. The third kappa shape index (κ3) is 28.0. The molecule has 0 aromatic rings. The molecule has 0 bridgehead atoms. The Hall–Kier alpha value is 0. The van der Waals surface area contributed by atoms with Gasteiger partial charge in [-0.2, -0.15) is 0 Å². The smallest absolute Gasteiger partial charge is 0.0383 e. The average Bonchev–Trinajstić information content (AvgIpc) is 2.67. The van der Waals surface area contributed by atoms with Crippen LogP contribution >= 0.6 is 0 Å². The van der Waals surface area contributed by atoms with Crippen molar-refractivity contribution in [3.8, 4) is 0 Å². The van der Waals surface area contributed by atoms with Gasteiger partial charge in [-0.05, 0) is 17.8 Å². The predicted molar refractivity (Wildman–Crippen MR) is 140 cm³/mol. The minimum Gasteiger partial charge on any atom is -0.0628 e. The molecule has 0 saturated heterocycles. The number of hydrogen-bond acceptors (Lipinski definition) is 0. The fraction of sp³-hybridized carbons (Fsp3) is 1.00. The molecule has 0 heterocycles. The fourth-order valence-electron chi connectivity index (χ4n) is 4.57. The highest BCUT2D eigenvalue weighted by molar-refractivity contribution is 4.61. The number of rotatable bonds is 23. The molecular weight excluding hydrogens is 360 g/mol. The normalized spacial score (nSPS) is 12.2. The van der Waals surface area contributed by atoms with Gasteiger partial charge in [0.1, 0.15) is 0 Å². The molecule has 0 aliphatic rings. The molecule has 0 fully saturated rings. The molecule has 0 amide bonds. The first-order valence-corrected chi connectivity index (χ1v) is 14.4. The highest BCUT2D eigenvalue weighted by Crippen LogP contribution is 2.22. The molecule has 182 valence electrons. The second-order valence-electron chi connectivity index (χ2n) is 11.9. The Morgan fingerprint density at radius 3 is 0.833 bits per heavy atom. The van der Waals surface area contributed by atoms with E-state index in [2.05, 4.69) is 34.6 Å². The van der Waals surface area contributed by atoms with Gasteiger partial charge < -0.3 is 0 Å². The van der Waals surface area contributed by atoms with Gasteiger partial charge in [0.2, 0.25) is 0 Å². The first-order chi connectivity index (χ1) is 14.4. The first-order valence-electron chi connectivity index (χ1n) is 14.4. The second kappa shape index (κ2) is 22.2. The lowest BCUT2D eigenvalue weighted by atomic mass is 9.89. The minimum atomic E-state index is 0.534. The monoisotopic (exact) mass is 422 g/mol. The van der Waals surface area contributed by atoms with Crippen LogP contribution in [0.15, 0.2) is 0 Å². The Balaban J connectivity index is 3.04. The zero-order valence-electron chi connectivity index (χ0n) is 22.3. The minimum absolute atomic E-state index is 0.534. The van der Waals surface area contributed by atoms with E-state index >= 15 is 0 Å². The van der Waals surface area contributed by atoms with Crippen molar-refractivity contribution in [1.29, 1.82) is 0 Å². The molecule has 0 spiro atoms. The van der Waals surface area contributed by atoms with Crippen molar-refractivity contribution in [3.63, 3.8) is 0 Å². The number of unbranched alkanes of at least 4 members (excludes halogenated alkanes) is 20. The molecular formula is C30H62. The average molecular weight is 423 g/mol. The van der Waals surface area contributed by atoms with E-state index in [9.17, 15) is 0 Å². The summed E-state index contributed by atoms with van der Waals surface area (Å²) in [7, 11) is 0. The SMILES string of the molecule is CC(C)CCCCCCCCCCCCCCCCCCCCCCCC(C)(C)C. The summed E-state index contributed by atoms with van der Waals surface area (Å²) in [5.41, 5.74) is 0.534. The van der Waals surface area contributed by atoms with E-state index in [0.29, 0.717) is 5.41 Å². The third-order valence-corrected chi connectivity index (χ3v) is 6.71. The van der Waals surface area contributed by atoms with Crippen LogP contribution in [0.3, 0.4) is 0 Å². The summed E-state index contributed by atoms with van der Waals surface area (Å²) in [5, 5.41) is 0. The van der Waals surface area contributed by atoms with Crippen molar-refractivity contribution in [2.24, 2.45) is 11.3 Å². The van der Waals surface area contributed by atoms with Gasteiger partial charge in [-0.25, -0.2) is 0 Å². The molecule has 0 aromatic heterocycles. The Labute approximate surface area is 193 Å². The van der Waals surface area contributed by atoms with E-state index in [1.165, 1.54) is 148 Å². The summed E-state index contributed by atoms with van der Waals surface area (Å²) < 4.78 is 0. The van der Waals surface area contributed by atoms with Crippen LogP contribution in [0, 0.1) is 11.3 Å². The van der Waals surface area contributed by atoms with E-state index in [0.717, 1.165) is 5.92 Å². The van der Waals surface area contributed by atoms with Crippen LogP contribution in [-0.2, 0) is 0 Å². The van der Waals surface area contributed by atoms with E-state index in [4.69, 9.17) is 0 Å².